The normalized spacial score (nSPS) is 22.5. The van der Waals surface area contributed by atoms with Crippen LogP contribution in [0.4, 0.5) is 5.13 Å². The minimum atomic E-state index is 0.705. The molecule has 1 heterocycles. The Labute approximate surface area is 115 Å². The number of rotatable bonds is 7. The Morgan fingerprint density at radius 2 is 2.28 bits per heavy atom. The van der Waals surface area contributed by atoms with Crippen molar-refractivity contribution in [1.29, 1.82) is 0 Å². The summed E-state index contributed by atoms with van der Waals surface area (Å²) in [6, 6.07) is 0. The van der Waals surface area contributed by atoms with E-state index in [1.54, 1.807) is 0 Å². The van der Waals surface area contributed by atoms with E-state index >= 15 is 0 Å². The molecule has 4 heteroatoms. The largest absolute Gasteiger partial charge is 0.351 e. The zero-order valence-electron chi connectivity index (χ0n) is 11.9. The molecule has 3 nitrogen and oxygen atoms in total. The fourth-order valence-electron chi connectivity index (χ4n) is 2.12. The van der Waals surface area contributed by atoms with Crippen LogP contribution in [0.5, 0.6) is 0 Å². The molecular formula is C14H25N3S. The van der Waals surface area contributed by atoms with E-state index in [9.17, 15) is 0 Å². The SMILES string of the molecule is CC(C)CNCc1cnc(N(C)CC2CC2C)s1. The van der Waals surface area contributed by atoms with Crippen molar-refractivity contribution < 1.29 is 0 Å². The van der Waals surface area contributed by atoms with Crippen LogP contribution in [0.15, 0.2) is 6.20 Å². The van der Waals surface area contributed by atoms with Gasteiger partial charge in [-0.15, -0.1) is 11.3 Å². The number of nitrogens with one attached hydrogen (secondary N) is 1. The molecule has 1 aliphatic carbocycles. The average Bonchev–Trinajstić information content (AvgIpc) is 2.79. The van der Waals surface area contributed by atoms with Crippen LogP contribution < -0.4 is 10.2 Å². The van der Waals surface area contributed by atoms with Gasteiger partial charge in [-0.2, -0.15) is 0 Å². The van der Waals surface area contributed by atoms with Gasteiger partial charge in [0.15, 0.2) is 5.13 Å². The van der Waals surface area contributed by atoms with Gasteiger partial charge in [-0.1, -0.05) is 20.8 Å². The minimum absolute atomic E-state index is 0.705. The van der Waals surface area contributed by atoms with Crippen molar-refractivity contribution in [2.45, 2.75) is 33.7 Å². The van der Waals surface area contributed by atoms with E-state index in [-0.39, 0.29) is 0 Å². The van der Waals surface area contributed by atoms with Gasteiger partial charge in [0.25, 0.3) is 0 Å². The maximum atomic E-state index is 4.52. The van der Waals surface area contributed by atoms with E-state index in [2.05, 4.69) is 43.0 Å². The third-order valence-electron chi connectivity index (χ3n) is 3.50. The Hall–Kier alpha value is -0.610. The van der Waals surface area contributed by atoms with Crippen LogP contribution in [0.25, 0.3) is 0 Å². The first-order valence-corrected chi connectivity index (χ1v) is 7.74. The second kappa shape index (κ2) is 6.02. The number of thiazole rings is 1. The van der Waals surface area contributed by atoms with Crippen LogP contribution >= 0.6 is 11.3 Å². The Balaban J connectivity index is 1.77. The van der Waals surface area contributed by atoms with Crippen molar-refractivity contribution in [3.05, 3.63) is 11.1 Å². The van der Waals surface area contributed by atoms with Crippen molar-refractivity contribution in [3.8, 4) is 0 Å². The minimum Gasteiger partial charge on any atom is -0.351 e. The van der Waals surface area contributed by atoms with Crippen LogP contribution in [0.3, 0.4) is 0 Å². The quantitative estimate of drug-likeness (QED) is 0.823. The first kappa shape index (κ1) is 13.8. The lowest BCUT2D eigenvalue weighted by molar-refractivity contribution is 0.554. The monoisotopic (exact) mass is 267 g/mol. The summed E-state index contributed by atoms with van der Waals surface area (Å²) in [4.78, 5) is 8.17. The Kier molecular flexibility index (Phi) is 4.62. The molecule has 2 unspecified atom stereocenters. The molecular weight excluding hydrogens is 242 g/mol. The molecule has 0 aliphatic heterocycles. The Morgan fingerprint density at radius 1 is 1.56 bits per heavy atom. The first-order valence-electron chi connectivity index (χ1n) is 6.92. The summed E-state index contributed by atoms with van der Waals surface area (Å²) >= 11 is 1.82. The summed E-state index contributed by atoms with van der Waals surface area (Å²) in [5, 5.41) is 4.63. The molecule has 102 valence electrons. The van der Waals surface area contributed by atoms with Gasteiger partial charge >= 0.3 is 0 Å². The third-order valence-corrected chi connectivity index (χ3v) is 4.62. The predicted octanol–water partition coefficient (Wildman–Crippen LogP) is 2.98. The maximum absolute atomic E-state index is 4.52. The number of hydrogen-bond acceptors (Lipinski definition) is 4. The van der Waals surface area contributed by atoms with Crippen LogP contribution in [0, 0.1) is 17.8 Å². The molecule has 0 amide bonds. The van der Waals surface area contributed by atoms with Crippen LogP contribution in [-0.4, -0.2) is 25.1 Å². The molecule has 2 atom stereocenters. The Bertz CT molecular complexity index is 375. The van der Waals surface area contributed by atoms with E-state index < -0.39 is 0 Å². The molecule has 1 aromatic heterocycles. The van der Waals surface area contributed by atoms with Gasteiger partial charge in [-0.3, -0.25) is 0 Å². The van der Waals surface area contributed by atoms with Gasteiger partial charge in [0.2, 0.25) is 0 Å². The third kappa shape index (κ3) is 3.95. The number of nitrogens with zero attached hydrogens (tertiary/aromatic N) is 2. The molecule has 1 N–H and O–H groups in total. The molecule has 0 aromatic carbocycles. The van der Waals surface area contributed by atoms with Crippen molar-refractivity contribution in [3.63, 3.8) is 0 Å². The van der Waals surface area contributed by atoms with Crippen LogP contribution in [-0.2, 0) is 6.54 Å². The summed E-state index contributed by atoms with van der Waals surface area (Å²) in [5.41, 5.74) is 0. The Morgan fingerprint density at radius 3 is 2.89 bits per heavy atom. The number of anilines is 1. The topological polar surface area (TPSA) is 28.2 Å². The van der Waals surface area contributed by atoms with Crippen LogP contribution in [0.1, 0.15) is 32.1 Å². The highest BCUT2D eigenvalue weighted by Crippen LogP contribution is 2.39. The van der Waals surface area contributed by atoms with E-state index in [1.807, 2.05) is 17.5 Å². The van der Waals surface area contributed by atoms with E-state index in [0.29, 0.717) is 5.92 Å². The lowest BCUT2D eigenvalue weighted by Crippen LogP contribution is -2.20. The fourth-order valence-corrected chi connectivity index (χ4v) is 2.97. The summed E-state index contributed by atoms with van der Waals surface area (Å²) in [6.45, 7) is 9.98. The van der Waals surface area contributed by atoms with E-state index in [4.69, 9.17) is 0 Å². The standard InChI is InChI=1S/C14H25N3S/c1-10(2)6-15-7-13-8-16-14(18-13)17(4)9-12-5-11(12)3/h8,10-12,15H,5-7,9H2,1-4H3. The molecule has 18 heavy (non-hydrogen) atoms. The van der Waals surface area contributed by atoms with Crippen molar-refractivity contribution in [1.82, 2.24) is 10.3 Å². The molecule has 1 saturated carbocycles. The molecule has 0 saturated heterocycles. The maximum Gasteiger partial charge on any atom is 0.185 e. The molecule has 1 aromatic rings. The average molecular weight is 267 g/mol. The van der Waals surface area contributed by atoms with Gasteiger partial charge in [0.05, 0.1) is 0 Å². The summed E-state index contributed by atoms with van der Waals surface area (Å²) in [7, 11) is 2.16. The van der Waals surface area contributed by atoms with Crippen LogP contribution in [0.2, 0.25) is 0 Å². The molecule has 0 spiro atoms. The fraction of sp³-hybridized carbons (Fsp3) is 0.786. The number of hydrogen-bond donors (Lipinski definition) is 1. The molecule has 1 aliphatic rings. The van der Waals surface area contributed by atoms with Crippen molar-refractivity contribution in [2.24, 2.45) is 17.8 Å². The van der Waals surface area contributed by atoms with Gasteiger partial charge in [0, 0.05) is 31.2 Å². The predicted molar refractivity (Wildman–Crippen MR) is 79.2 cm³/mol. The van der Waals surface area contributed by atoms with Crippen molar-refractivity contribution >= 4 is 16.5 Å². The first-order chi connectivity index (χ1) is 8.56. The lowest BCUT2D eigenvalue weighted by Gasteiger charge is -2.14. The second-order valence-corrected chi connectivity index (χ2v) is 7.08. The number of aromatic nitrogens is 1. The van der Waals surface area contributed by atoms with Crippen molar-refractivity contribution in [2.75, 3.05) is 25.0 Å². The highest BCUT2D eigenvalue weighted by molar-refractivity contribution is 7.15. The van der Waals surface area contributed by atoms with Gasteiger partial charge in [0.1, 0.15) is 0 Å². The molecule has 0 radical (unpaired) electrons. The summed E-state index contributed by atoms with van der Waals surface area (Å²) in [6.07, 6.45) is 3.40. The van der Waals surface area contributed by atoms with Gasteiger partial charge in [-0.25, -0.2) is 4.98 Å². The summed E-state index contributed by atoms with van der Waals surface area (Å²) in [5.74, 6) is 2.51. The zero-order valence-corrected chi connectivity index (χ0v) is 12.8. The summed E-state index contributed by atoms with van der Waals surface area (Å²) < 4.78 is 0. The van der Waals surface area contributed by atoms with E-state index in [1.165, 1.54) is 11.3 Å². The zero-order chi connectivity index (χ0) is 13.1. The molecule has 0 bridgehead atoms. The van der Waals surface area contributed by atoms with E-state index in [0.717, 1.165) is 36.6 Å². The van der Waals surface area contributed by atoms with Gasteiger partial charge in [-0.05, 0) is 30.7 Å². The highest BCUT2D eigenvalue weighted by Gasteiger charge is 2.33. The molecule has 1 fully saturated rings. The smallest absolute Gasteiger partial charge is 0.185 e. The second-order valence-electron chi connectivity index (χ2n) is 5.99. The molecule has 2 rings (SSSR count). The highest BCUT2D eigenvalue weighted by atomic mass is 32.1. The van der Waals surface area contributed by atoms with Gasteiger partial charge < -0.3 is 10.2 Å². The lowest BCUT2D eigenvalue weighted by atomic mass is 10.2.